The lowest BCUT2D eigenvalue weighted by atomic mass is 10.2. The number of nitrogens with two attached hydrogens (primary N) is 1. The molecule has 13 heavy (non-hydrogen) atoms. The SMILES string of the molecule is [2H]C([2H])([2H])n1cc(N)c(O[C@@H]2CO[C@H]2C)n1. The van der Waals surface area contributed by atoms with Gasteiger partial charge in [0.2, 0.25) is 0 Å². The van der Waals surface area contributed by atoms with Gasteiger partial charge in [0.1, 0.15) is 11.8 Å². The number of hydrogen-bond donors (Lipinski definition) is 1. The molecule has 5 nitrogen and oxygen atoms in total. The van der Waals surface area contributed by atoms with E-state index in [1.54, 1.807) is 0 Å². The van der Waals surface area contributed by atoms with Gasteiger partial charge in [-0.1, -0.05) is 0 Å². The molecular weight excluding hydrogens is 170 g/mol. The van der Waals surface area contributed by atoms with Gasteiger partial charge in [-0.3, -0.25) is 4.68 Å². The summed E-state index contributed by atoms with van der Waals surface area (Å²) in [7, 11) is 0. The van der Waals surface area contributed by atoms with Crippen LogP contribution in [0.25, 0.3) is 0 Å². The maximum absolute atomic E-state index is 7.16. The minimum absolute atomic E-state index is 0.0164. The Morgan fingerprint density at radius 2 is 2.77 bits per heavy atom. The van der Waals surface area contributed by atoms with Crippen LogP contribution in [-0.4, -0.2) is 28.6 Å². The molecule has 1 fully saturated rings. The van der Waals surface area contributed by atoms with Crippen LogP contribution in [0.4, 0.5) is 5.69 Å². The van der Waals surface area contributed by atoms with Crippen molar-refractivity contribution in [2.75, 3.05) is 12.3 Å². The number of aryl methyl sites for hydroxylation is 1. The molecule has 0 aromatic carbocycles. The summed E-state index contributed by atoms with van der Waals surface area (Å²) in [6, 6.07) is 0. The normalized spacial score (nSPS) is 31.3. The van der Waals surface area contributed by atoms with Crippen LogP contribution in [0.5, 0.6) is 5.88 Å². The van der Waals surface area contributed by atoms with Crippen LogP contribution in [0.2, 0.25) is 0 Å². The first kappa shape index (κ1) is 5.49. The second-order valence-corrected chi connectivity index (χ2v) is 3.03. The van der Waals surface area contributed by atoms with Crippen molar-refractivity contribution >= 4 is 5.69 Å². The van der Waals surface area contributed by atoms with E-state index in [1.807, 2.05) is 6.92 Å². The third-order valence-corrected chi connectivity index (χ3v) is 2.02. The zero-order valence-corrected chi connectivity index (χ0v) is 7.23. The number of aromatic nitrogens is 2. The van der Waals surface area contributed by atoms with Gasteiger partial charge >= 0.3 is 0 Å². The van der Waals surface area contributed by atoms with Crippen molar-refractivity contribution < 1.29 is 13.6 Å². The summed E-state index contributed by atoms with van der Waals surface area (Å²) in [6.07, 6.45) is 1.12. The third kappa shape index (κ3) is 1.47. The summed E-state index contributed by atoms with van der Waals surface area (Å²) in [5.74, 6) is 0.149. The molecule has 2 rings (SSSR count). The molecule has 1 aliphatic heterocycles. The minimum atomic E-state index is -2.34. The Kier molecular flexibility index (Phi) is 1.23. The molecule has 0 saturated carbocycles. The first-order valence-corrected chi connectivity index (χ1v) is 4.02. The van der Waals surface area contributed by atoms with Crippen molar-refractivity contribution in [3.63, 3.8) is 0 Å². The second kappa shape index (κ2) is 2.92. The third-order valence-electron chi connectivity index (χ3n) is 2.02. The summed E-state index contributed by atoms with van der Waals surface area (Å²) < 4.78 is 32.9. The van der Waals surface area contributed by atoms with Crippen LogP contribution in [0.15, 0.2) is 6.20 Å². The van der Waals surface area contributed by atoms with Gasteiger partial charge in [0.05, 0.1) is 18.9 Å². The smallest absolute Gasteiger partial charge is 0.256 e. The standard InChI is InChI=1S/C8H13N3O2/c1-5-7(4-12-5)13-8-6(9)3-11(2)10-8/h3,5,7H,4,9H2,1-2H3/t5-,7+/m0/s1/i2D3. The molecule has 1 saturated heterocycles. The zero-order chi connectivity index (χ0) is 11.9. The Balaban J connectivity index is 2.12. The van der Waals surface area contributed by atoms with Crippen LogP contribution >= 0.6 is 0 Å². The molecule has 0 spiro atoms. The molecule has 1 aromatic rings. The number of hydrogen-bond acceptors (Lipinski definition) is 4. The molecule has 0 unspecified atom stereocenters. The van der Waals surface area contributed by atoms with E-state index < -0.39 is 6.98 Å². The first-order chi connectivity index (χ1) is 7.38. The topological polar surface area (TPSA) is 62.3 Å². The molecule has 0 aliphatic carbocycles. The van der Waals surface area contributed by atoms with Crippen LogP contribution in [0.3, 0.4) is 0 Å². The summed E-state index contributed by atoms with van der Waals surface area (Å²) in [6.45, 7) is 0.00377. The van der Waals surface area contributed by atoms with Crippen molar-refractivity contribution in [1.82, 2.24) is 9.78 Å². The van der Waals surface area contributed by atoms with Crippen molar-refractivity contribution in [3.8, 4) is 5.88 Å². The molecule has 2 atom stereocenters. The Morgan fingerprint density at radius 3 is 3.23 bits per heavy atom. The van der Waals surface area contributed by atoms with Gasteiger partial charge in [-0.2, -0.15) is 0 Å². The molecule has 5 heteroatoms. The van der Waals surface area contributed by atoms with Gasteiger partial charge in [0.25, 0.3) is 5.88 Å². The summed E-state index contributed by atoms with van der Waals surface area (Å²) in [5, 5.41) is 3.79. The quantitative estimate of drug-likeness (QED) is 0.715. The highest BCUT2D eigenvalue weighted by Crippen LogP contribution is 2.23. The molecule has 0 bridgehead atoms. The van der Waals surface area contributed by atoms with Crippen LogP contribution < -0.4 is 10.5 Å². The van der Waals surface area contributed by atoms with Gasteiger partial charge in [0.15, 0.2) is 0 Å². The number of anilines is 1. The highest BCUT2D eigenvalue weighted by atomic mass is 16.6. The Labute approximate surface area is 80.6 Å². The molecule has 2 heterocycles. The average Bonchev–Trinajstić information content (AvgIpc) is 2.54. The summed E-state index contributed by atoms with van der Waals surface area (Å²) >= 11 is 0. The van der Waals surface area contributed by atoms with Crippen molar-refractivity contribution in [2.45, 2.75) is 19.1 Å². The molecule has 1 aromatic heterocycles. The van der Waals surface area contributed by atoms with Crippen molar-refractivity contribution in [2.24, 2.45) is 6.98 Å². The molecule has 72 valence electrons. The van der Waals surface area contributed by atoms with Gasteiger partial charge in [-0.25, -0.2) is 0 Å². The van der Waals surface area contributed by atoms with Crippen LogP contribution in [-0.2, 0) is 11.7 Å². The fourth-order valence-corrected chi connectivity index (χ4v) is 1.10. The largest absolute Gasteiger partial charge is 0.467 e. The first-order valence-electron chi connectivity index (χ1n) is 5.52. The summed E-state index contributed by atoms with van der Waals surface area (Å²) in [4.78, 5) is 0. The van der Waals surface area contributed by atoms with Gasteiger partial charge < -0.3 is 15.2 Å². The number of ether oxygens (including phenoxy) is 2. The molecule has 1 aliphatic rings. The lowest BCUT2D eigenvalue weighted by Gasteiger charge is -2.33. The van der Waals surface area contributed by atoms with E-state index in [-0.39, 0.29) is 23.8 Å². The maximum Gasteiger partial charge on any atom is 0.256 e. The highest BCUT2D eigenvalue weighted by molar-refractivity contribution is 5.45. The lowest BCUT2D eigenvalue weighted by molar-refractivity contribution is -0.140. The maximum atomic E-state index is 7.16. The van der Waals surface area contributed by atoms with Gasteiger partial charge in [0, 0.05) is 11.1 Å². The van der Waals surface area contributed by atoms with Crippen LogP contribution in [0, 0.1) is 0 Å². The van der Waals surface area contributed by atoms with E-state index in [4.69, 9.17) is 19.3 Å². The van der Waals surface area contributed by atoms with Crippen molar-refractivity contribution in [1.29, 1.82) is 0 Å². The second-order valence-electron chi connectivity index (χ2n) is 3.03. The lowest BCUT2D eigenvalue weighted by Crippen LogP contribution is -2.46. The number of nitrogen functional groups attached to an aromatic ring is 1. The Morgan fingerprint density at radius 1 is 1.92 bits per heavy atom. The molecule has 2 N–H and O–H groups in total. The van der Waals surface area contributed by atoms with E-state index in [2.05, 4.69) is 5.10 Å². The average molecular weight is 186 g/mol. The fraction of sp³-hybridized carbons (Fsp3) is 0.625. The zero-order valence-electron chi connectivity index (χ0n) is 10.2. The fourth-order valence-electron chi connectivity index (χ4n) is 1.10. The van der Waals surface area contributed by atoms with Gasteiger partial charge in [-0.05, 0) is 6.92 Å². The van der Waals surface area contributed by atoms with E-state index in [0.29, 0.717) is 6.61 Å². The van der Waals surface area contributed by atoms with Crippen molar-refractivity contribution in [3.05, 3.63) is 6.20 Å². The number of nitrogens with zero attached hydrogens (tertiary/aromatic N) is 2. The predicted octanol–water partition coefficient (Wildman–Crippen LogP) is 0.168. The number of rotatable bonds is 2. The molecule has 0 amide bonds. The Hall–Kier alpha value is -1.23. The van der Waals surface area contributed by atoms with Gasteiger partial charge in [-0.15, -0.1) is 5.10 Å². The van der Waals surface area contributed by atoms with E-state index >= 15 is 0 Å². The van der Waals surface area contributed by atoms with Crippen LogP contribution in [0.1, 0.15) is 11.0 Å². The predicted molar refractivity (Wildman–Crippen MR) is 47.5 cm³/mol. The highest BCUT2D eigenvalue weighted by Gasteiger charge is 2.31. The molecule has 0 radical (unpaired) electrons. The van der Waals surface area contributed by atoms with E-state index in [1.165, 1.54) is 6.20 Å². The van der Waals surface area contributed by atoms with E-state index in [0.717, 1.165) is 4.68 Å². The Bertz CT molecular complexity index is 390. The summed E-state index contributed by atoms with van der Waals surface area (Å²) in [5.41, 5.74) is 5.83. The van der Waals surface area contributed by atoms with E-state index in [9.17, 15) is 0 Å². The monoisotopic (exact) mass is 186 g/mol. The minimum Gasteiger partial charge on any atom is -0.467 e. The molecular formula is C8H13N3O2.